The Balaban J connectivity index is 1.43. The maximum Gasteiger partial charge on any atom is 0.273 e. The third-order valence-corrected chi connectivity index (χ3v) is 8.30. The molecule has 4 rings (SSSR count). The minimum Gasteiger partial charge on any atom is -0.488 e. The van der Waals surface area contributed by atoms with E-state index in [9.17, 15) is 13.2 Å². The second kappa shape index (κ2) is 12.3. The molecule has 0 bridgehead atoms. The molecule has 0 radical (unpaired) electrons. The van der Waals surface area contributed by atoms with Crippen LogP contribution in [0.4, 0.5) is 0 Å². The van der Waals surface area contributed by atoms with Crippen LogP contribution >= 0.6 is 11.3 Å². The molecule has 1 aromatic heterocycles. The number of allylic oxidation sites excluding steroid dienone is 1. The highest BCUT2D eigenvalue weighted by Gasteiger charge is 2.17. The summed E-state index contributed by atoms with van der Waals surface area (Å²) >= 11 is 1.05. The number of carbonyl (C=O) groups is 1. The molecule has 37 heavy (non-hydrogen) atoms. The van der Waals surface area contributed by atoms with E-state index in [1.54, 1.807) is 17.5 Å². The number of sulfonamides is 1. The van der Waals surface area contributed by atoms with E-state index >= 15 is 0 Å². The van der Waals surface area contributed by atoms with Gasteiger partial charge in [-0.05, 0) is 58.7 Å². The fraction of sp³-hybridized carbons (Fsp3) is 0.100. The first-order valence-electron chi connectivity index (χ1n) is 11.7. The lowest BCUT2D eigenvalue weighted by atomic mass is 10.0. The molecule has 0 saturated heterocycles. The van der Waals surface area contributed by atoms with Gasteiger partial charge in [-0.2, -0.15) is 0 Å². The van der Waals surface area contributed by atoms with Crippen LogP contribution in [0.15, 0.2) is 107 Å². The lowest BCUT2D eigenvalue weighted by molar-refractivity contribution is -0.114. The first kappa shape index (κ1) is 26.1. The van der Waals surface area contributed by atoms with Crippen LogP contribution in [0.1, 0.15) is 27.8 Å². The molecular weight excluding hydrogens is 502 g/mol. The van der Waals surface area contributed by atoms with Gasteiger partial charge in [0.2, 0.25) is 0 Å². The second-order valence-corrected chi connectivity index (χ2v) is 11.2. The Morgan fingerprint density at radius 3 is 2.35 bits per heavy atom. The number of amides is 1. The van der Waals surface area contributed by atoms with Crippen LogP contribution in [0.25, 0.3) is 12.2 Å². The number of benzene rings is 3. The van der Waals surface area contributed by atoms with Crippen molar-refractivity contribution >= 4 is 39.4 Å². The van der Waals surface area contributed by atoms with Crippen LogP contribution in [0, 0.1) is 6.92 Å². The van der Waals surface area contributed by atoms with Gasteiger partial charge in [0, 0.05) is 6.08 Å². The number of nitrogens with one attached hydrogen (secondary N) is 1. The molecular formula is C30H27NO4S2. The lowest BCUT2D eigenvalue weighted by Gasteiger charge is -2.13. The number of ether oxygens (including phenoxy) is 1. The van der Waals surface area contributed by atoms with E-state index in [0.717, 1.165) is 44.9 Å². The number of para-hydroxylation sites is 1. The second-order valence-electron chi connectivity index (χ2n) is 8.31. The minimum absolute atomic E-state index is 0.0980. The van der Waals surface area contributed by atoms with E-state index < -0.39 is 15.9 Å². The summed E-state index contributed by atoms with van der Waals surface area (Å²) in [6, 6.07) is 26.9. The van der Waals surface area contributed by atoms with Gasteiger partial charge in [0.1, 0.15) is 16.6 Å². The molecule has 0 aliphatic carbocycles. The van der Waals surface area contributed by atoms with Crippen molar-refractivity contribution in [2.45, 2.75) is 24.2 Å². The van der Waals surface area contributed by atoms with Crippen LogP contribution in [-0.4, -0.2) is 14.3 Å². The normalized spacial score (nSPS) is 11.7. The summed E-state index contributed by atoms with van der Waals surface area (Å²) in [5.41, 5.74) is 4.98. The van der Waals surface area contributed by atoms with E-state index in [0.29, 0.717) is 13.0 Å². The molecule has 5 nitrogen and oxygen atoms in total. The van der Waals surface area contributed by atoms with Crippen LogP contribution in [0.5, 0.6) is 5.75 Å². The van der Waals surface area contributed by atoms with Crippen LogP contribution in [0.2, 0.25) is 0 Å². The van der Waals surface area contributed by atoms with E-state index in [1.165, 1.54) is 12.1 Å². The van der Waals surface area contributed by atoms with E-state index in [4.69, 9.17) is 4.74 Å². The molecule has 0 aliphatic heterocycles. The standard InChI is InChI=1S/C30H27NO4S2/c1-23-10-7-16-27(30(23)35-22-24-11-3-2-4-12-24)17-8-15-25-13-5-6-14-26(25)19-20-28(32)31-37(33,34)29-18-9-21-36-29/h2-16,18-21H,17,22H2,1H3,(H,31,32). The van der Waals surface area contributed by atoms with E-state index in [1.807, 2.05) is 79.7 Å². The molecule has 0 unspecified atom stereocenters. The Bertz CT molecular complexity index is 1510. The van der Waals surface area contributed by atoms with Gasteiger partial charge in [-0.25, -0.2) is 13.1 Å². The van der Waals surface area contributed by atoms with Crippen molar-refractivity contribution in [3.05, 3.63) is 130 Å². The number of thiophene rings is 1. The smallest absolute Gasteiger partial charge is 0.273 e. The number of rotatable bonds is 10. The first-order valence-corrected chi connectivity index (χ1v) is 14.1. The highest BCUT2D eigenvalue weighted by Crippen LogP contribution is 2.26. The Kier molecular flexibility index (Phi) is 8.72. The summed E-state index contributed by atoms with van der Waals surface area (Å²) in [7, 11) is -3.86. The Morgan fingerprint density at radius 1 is 0.892 bits per heavy atom. The van der Waals surface area contributed by atoms with Crippen molar-refractivity contribution in [1.29, 1.82) is 0 Å². The molecule has 3 aromatic carbocycles. The average molecular weight is 530 g/mol. The van der Waals surface area contributed by atoms with Gasteiger partial charge >= 0.3 is 0 Å². The predicted molar refractivity (Wildman–Crippen MR) is 150 cm³/mol. The van der Waals surface area contributed by atoms with Gasteiger partial charge in [0.25, 0.3) is 15.9 Å². The van der Waals surface area contributed by atoms with Crippen molar-refractivity contribution in [2.24, 2.45) is 0 Å². The van der Waals surface area contributed by atoms with Crippen LogP contribution < -0.4 is 9.46 Å². The molecule has 4 aromatic rings. The Morgan fingerprint density at radius 2 is 1.62 bits per heavy atom. The molecule has 1 heterocycles. The highest BCUT2D eigenvalue weighted by molar-refractivity contribution is 7.92. The molecule has 1 amide bonds. The fourth-order valence-corrected chi connectivity index (χ4v) is 5.67. The summed E-state index contributed by atoms with van der Waals surface area (Å²) in [6.07, 6.45) is 7.55. The summed E-state index contributed by atoms with van der Waals surface area (Å²) in [5.74, 6) is 0.181. The molecule has 188 valence electrons. The minimum atomic E-state index is -3.86. The largest absolute Gasteiger partial charge is 0.488 e. The van der Waals surface area contributed by atoms with Crippen LogP contribution in [0.3, 0.4) is 0 Å². The van der Waals surface area contributed by atoms with Gasteiger partial charge in [-0.15, -0.1) is 11.3 Å². The van der Waals surface area contributed by atoms with Gasteiger partial charge < -0.3 is 4.74 Å². The van der Waals surface area contributed by atoms with Crippen molar-refractivity contribution in [2.75, 3.05) is 0 Å². The maximum absolute atomic E-state index is 12.3. The predicted octanol–water partition coefficient (Wildman–Crippen LogP) is 6.41. The quantitative estimate of drug-likeness (QED) is 0.241. The van der Waals surface area contributed by atoms with Gasteiger partial charge in [0.15, 0.2) is 0 Å². The topological polar surface area (TPSA) is 72.5 Å². The van der Waals surface area contributed by atoms with Gasteiger partial charge in [-0.1, -0.05) is 91.0 Å². The zero-order chi connectivity index (χ0) is 26.1. The van der Waals surface area contributed by atoms with E-state index in [-0.39, 0.29) is 4.21 Å². The zero-order valence-corrected chi connectivity index (χ0v) is 22.0. The molecule has 1 N–H and O–H groups in total. The first-order chi connectivity index (χ1) is 17.9. The zero-order valence-electron chi connectivity index (χ0n) is 20.3. The van der Waals surface area contributed by atoms with Crippen LogP contribution in [-0.2, 0) is 27.8 Å². The van der Waals surface area contributed by atoms with Gasteiger partial charge in [-0.3, -0.25) is 4.79 Å². The molecule has 0 spiro atoms. The number of hydrogen-bond donors (Lipinski definition) is 1. The summed E-state index contributed by atoms with van der Waals surface area (Å²) in [6.45, 7) is 2.54. The van der Waals surface area contributed by atoms with E-state index in [2.05, 4.69) is 16.9 Å². The molecule has 0 aliphatic rings. The van der Waals surface area contributed by atoms with Crippen molar-refractivity contribution < 1.29 is 17.9 Å². The fourth-order valence-electron chi connectivity index (χ4n) is 3.74. The number of hydrogen-bond acceptors (Lipinski definition) is 5. The number of carbonyl (C=O) groups excluding carboxylic acids is 1. The van der Waals surface area contributed by atoms with Crippen molar-refractivity contribution in [3.8, 4) is 5.75 Å². The molecule has 7 heteroatoms. The summed E-state index contributed by atoms with van der Waals surface area (Å²) in [4.78, 5) is 12.3. The van der Waals surface area contributed by atoms with Crippen molar-refractivity contribution in [1.82, 2.24) is 4.72 Å². The highest BCUT2D eigenvalue weighted by atomic mass is 32.2. The Hall–Kier alpha value is -3.94. The monoisotopic (exact) mass is 529 g/mol. The Labute approximate surface area is 221 Å². The molecule has 0 atom stereocenters. The lowest BCUT2D eigenvalue weighted by Crippen LogP contribution is -2.28. The average Bonchev–Trinajstić information content (AvgIpc) is 3.45. The third kappa shape index (κ3) is 7.29. The number of aryl methyl sites for hydroxylation is 1. The van der Waals surface area contributed by atoms with Gasteiger partial charge in [0.05, 0.1) is 0 Å². The van der Waals surface area contributed by atoms with Crippen molar-refractivity contribution in [3.63, 3.8) is 0 Å². The maximum atomic E-state index is 12.3. The summed E-state index contributed by atoms with van der Waals surface area (Å²) < 4.78 is 32.9. The molecule has 0 fully saturated rings. The molecule has 0 saturated carbocycles. The third-order valence-electron chi connectivity index (χ3n) is 5.56. The summed E-state index contributed by atoms with van der Waals surface area (Å²) in [5, 5.41) is 1.65. The SMILES string of the molecule is Cc1cccc(CC=Cc2ccccc2C=CC(=O)NS(=O)(=O)c2cccs2)c1OCc1ccccc1.